The van der Waals surface area contributed by atoms with Crippen LogP contribution < -0.4 is 10.4 Å². The number of hydrogen-bond acceptors (Lipinski definition) is 4. The van der Waals surface area contributed by atoms with E-state index in [1.54, 1.807) is 11.5 Å². The lowest BCUT2D eigenvalue weighted by atomic mass is 9.90. The van der Waals surface area contributed by atoms with E-state index in [0.717, 1.165) is 82.6 Å². The largest absolute Gasteiger partial charge is 0.494 e. The van der Waals surface area contributed by atoms with Crippen LogP contribution in [0.25, 0.3) is 5.69 Å². The summed E-state index contributed by atoms with van der Waals surface area (Å²) in [6.45, 7) is 9.45. The first-order chi connectivity index (χ1) is 16.5. The van der Waals surface area contributed by atoms with Crippen molar-refractivity contribution in [2.24, 2.45) is 0 Å². The molecule has 34 heavy (non-hydrogen) atoms. The maximum absolute atomic E-state index is 13.2. The summed E-state index contributed by atoms with van der Waals surface area (Å²) in [5.41, 5.74) is 0.902. The Bertz CT molecular complexity index is 988. The minimum Gasteiger partial charge on any atom is -0.494 e. The van der Waals surface area contributed by atoms with E-state index in [4.69, 9.17) is 4.74 Å². The predicted molar refractivity (Wildman–Crippen MR) is 135 cm³/mol. The highest BCUT2D eigenvalue weighted by Crippen LogP contribution is 2.32. The van der Waals surface area contributed by atoms with Crippen LogP contribution in [-0.4, -0.2) is 63.2 Å². The van der Waals surface area contributed by atoms with Gasteiger partial charge in [0.05, 0.1) is 12.3 Å². The zero-order valence-electron chi connectivity index (χ0n) is 21.0. The summed E-state index contributed by atoms with van der Waals surface area (Å²) in [7, 11) is 0. The molecule has 0 bridgehead atoms. The Morgan fingerprint density at radius 1 is 1.03 bits per heavy atom. The summed E-state index contributed by atoms with van der Waals surface area (Å²) in [4.78, 5) is 29.7. The summed E-state index contributed by atoms with van der Waals surface area (Å²) >= 11 is 0. The highest BCUT2D eigenvalue weighted by atomic mass is 16.5. The number of carbonyl (C=O) groups is 1. The highest BCUT2D eigenvalue weighted by molar-refractivity contribution is 5.73. The lowest BCUT2D eigenvalue weighted by Gasteiger charge is -2.35. The SMILES string of the molecule is CCCCOc1ccc(-n2ccn(C3CCC(N4CCC(N(CC)C(C)=O)C4)CC3)c2=O)cc1. The Balaban J connectivity index is 1.33. The molecule has 4 rings (SSSR count). The Labute approximate surface area is 203 Å². The first-order valence-electron chi connectivity index (χ1n) is 13.1. The molecule has 0 radical (unpaired) electrons. The molecule has 1 saturated heterocycles. The number of nitrogens with zero attached hydrogens (tertiary/aromatic N) is 4. The second-order valence-corrected chi connectivity index (χ2v) is 9.76. The number of hydrogen-bond donors (Lipinski definition) is 0. The fourth-order valence-corrected chi connectivity index (χ4v) is 5.70. The molecule has 2 heterocycles. The van der Waals surface area contributed by atoms with Crippen molar-refractivity contribution in [3.05, 3.63) is 47.1 Å². The van der Waals surface area contributed by atoms with Crippen molar-refractivity contribution < 1.29 is 9.53 Å². The standard InChI is InChI=1S/C27H40N4O3/c1-4-6-19-34-26-13-11-24(12-14-26)31-18-17-30(27(31)33)23-9-7-22(8-10-23)28-16-15-25(20-28)29(5-2)21(3)32/h11-14,17-18,22-23,25H,4-10,15-16,19-20H2,1-3H3. The fourth-order valence-electron chi connectivity index (χ4n) is 5.70. The van der Waals surface area contributed by atoms with E-state index < -0.39 is 0 Å². The predicted octanol–water partition coefficient (Wildman–Crippen LogP) is 4.24. The summed E-state index contributed by atoms with van der Waals surface area (Å²) in [6.07, 6.45) is 11.3. The van der Waals surface area contributed by atoms with Gasteiger partial charge in [-0.05, 0) is 69.7 Å². The Morgan fingerprint density at radius 3 is 2.38 bits per heavy atom. The molecular formula is C27H40N4O3. The van der Waals surface area contributed by atoms with Gasteiger partial charge in [0.2, 0.25) is 5.91 Å². The minimum absolute atomic E-state index is 0.0318. The molecule has 2 fully saturated rings. The van der Waals surface area contributed by atoms with E-state index in [2.05, 4.69) is 18.7 Å². The second-order valence-electron chi connectivity index (χ2n) is 9.76. The van der Waals surface area contributed by atoms with Gasteiger partial charge in [0.1, 0.15) is 5.75 Å². The molecule has 1 atom stereocenters. The number of ether oxygens (including phenoxy) is 1. The number of imidazole rings is 1. The van der Waals surface area contributed by atoms with Crippen LogP contribution in [0.4, 0.5) is 0 Å². The van der Waals surface area contributed by atoms with Crippen molar-refractivity contribution in [2.75, 3.05) is 26.2 Å². The lowest BCUT2D eigenvalue weighted by Crippen LogP contribution is -2.43. The van der Waals surface area contributed by atoms with Crippen LogP contribution in [-0.2, 0) is 4.79 Å². The molecule has 2 aliphatic rings. The van der Waals surface area contributed by atoms with E-state index in [1.165, 1.54) is 0 Å². The zero-order chi connectivity index (χ0) is 24.1. The van der Waals surface area contributed by atoms with Crippen LogP contribution in [0.5, 0.6) is 5.75 Å². The van der Waals surface area contributed by atoms with Crippen molar-refractivity contribution in [1.29, 1.82) is 0 Å². The molecule has 1 aromatic carbocycles. The third-order valence-corrected chi connectivity index (χ3v) is 7.64. The Kier molecular flexibility index (Phi) is 8.14. The van der Waals surface area contributed by atoms with Gasteiger partial charge in [-0.25, -0.2) is 4.79 Å². The second kappa shape index (κ2) is 11.3. The molecule has 1 aliphatic carbocycles. The van der Waals surface area contributed by atoms with Crippen LogP contribution >= 0.6 is 0 Å². The van der Waals surface area contributed by atoms with Gasteiger partial charge in [-0.3, -0.25) is 18.8 Å². The van der Waals surface area contributed by atoms with Crippen LogP contribution in [0.15, 0.2) is 41.5 Å². The van der Waals surface area contributed by atoms with Gasteiger partial charge in [0.15, 0.2) is 0 Å². The van der Waals surface area contributed by atoms with Crippen molar-refractivity contribution >= 4 is 5.91 Å². The number of likely N-dealkylation sites (tertiary alicyclic amines) is 1. The Morgan fingerprint density at radius 2 is 1.74 bits per heavy atom. The molecule has 2 aromatic rings. The monoisotopic (exact) mass is 468 g/mol. The Hall–Kier alpha value is -2.54. The molecule has 186 valence electrons. The first kappa shape index (κ1) is 24.6. The van der Waals surface area contributed by atoms with Gasteiger partial charge in [-0.15, -0.1) is 0 Å². The molecule has 1 aliphatic heterocycles. The number of carbonyl (C=O) groups excluding carboxylic acids is 1. The number of rotatable bonds is 9. The molecule has 7 heteroatoms. The van der Waals surface area contributed by atoms with Gasteiger partial charge in [-0.1, -0.05) is 13.3 Å². The first-order valence-corrected chi connectivity index (χ1v) is 13.1. The highest BCUT2D eigenvalue weighted by Gasteiger charge is 2.34. The number of amides is 1. The minimum atomic E-state index is 0.0318. The number of benzene rings is 1. The third kappa shape index (κ3) is 5.40. The van der Waals surface area contributed by atoms with Crippen molar-refractivity contribution in [3.63, 3.8) is 0 Å². The van der Waals surface area contributed by atoms with E-state index in [9.17, 15) is 9.59 Å². The van der Waals surface area contributed by atoms with E-state index >= 15 is 0 Å². The summed E-state index contributed by atoms with van der Waals surface area (Å²) < 4.78 is 9.39. The lowest BCUT2D eigenvalue weighted by molar-refractivity contribution is -0.130. The number of aromatic nitrogens is 2. The number of likely N-dealkylation sites (N-methyl/N-ethyl adjacent to an activating group) is 1. The van der Waals surface area contributed by atoms with Crippen molar-refractivity contribution in [3.8, 4) is 11.4 Å². The average molecular weight is 469 g/mol. The molecular weight excluding hydrogens is 428 g/mol. The van der Waals surface area contributed by atoms with E-state index in [0.29, 0.717) is 12.1 Å². The average Bonchev–Trinajstić information content (AvgIpc) is 3.47. The summed E-state index contributed by atoms with van der Waals surface area (Å²) in [5.74, 6) is 1.03. The zero-order valence-corrected chi connectivity index (χ0v) is 21.0. The normalized spacial score (nSPS) is 23.2. The molecule has 1 aromatic heterocycles. The summed E-state index contributed by atoms with van der Waals surface area (Å²) in [5, 5.41) is 0. The topological polar surface area (TPSA) is 59.7 Å². The van der Waals surface area contributed by atoms with Gasteiger partial charge in [-0.2, -0.15) is 0 Å². The van der Waals surface area contributed by atoms with E-state index in [1.807, 2.05) is 46.1 Å². The summed E-state index contributed by atoms with van der Waals surface area (Å²) in [6, 6.07) is 8.95. The maximum atomic E-state index is 13.2. The quantitative estimate of drug-likeness (QED) is 0.517. The molecule has 1 saturated carbocycles. The van der Waals surface area contributed by atoms with Crippen LogP contribution in [0.3, 0.4) is 0 Å². The maximum Gasteiger partial charge on any atom is 0.332 e. The molecule has 1 amide bonds. The van der Waals surface area contributed by atoms with Crippen molar-refractivity contribution in [1.82, 2.24) is 18.9 Å². The molecule has 0 N–H and O–H groups in total. The van der Waals surface area contributed by atoms with Crippen LogP contribution in [0, 0.1) is 0 Å². The van der Waals surface area contributed by atoms with Gasteiger partial charge in [0.25, 0.3) is 0 Å². The molecule has 0 spiro atoms. The third-order valence-electron chi connectivity index (χ3n) is 7.64. The van der Waals surface area contributed by atoms with Gasteiger partial charge >= 0.3 is 5.69 Å². The van der Waals surface area contributed by atoms with Gasteiger partial charge < -0.3 is 9.64 Å². The van der Waals surface area contributed by atoms with Crippen LogP contribution in [0.1, 0.15) is 71.8 Å². The van der Waals surface area contributed by atoms with E-state index in [-0.39, 0.29) is 17.6 Å². The molecule has 7 nitrogen and oxygen atoms in total. The fraction of sp³-hybridized carbons (Fsp3) is 0.630. The van der Waals surface area contributed by atoms with Crippen molar-refractivity contribution in [2.45, 2.75) is 83.8 Å². The smallest absolute Gasteiger partial charge is 0.332 e. The number of unbranched alkanes of at least 4 members (excludes halogenated alkanes) is 1. The van der Waals surface area contributed by atoms with Gasteiger partial charge in [0, 0.05) is 57.1 Å². The van der Waals surface area contributed by atoms with Crippen LogP contribution in [0.2, 0.25) is 0 Å². The molecule has 1 unspecified atom stereocenters.